The van der Waals surface area contributed by atoms with Gasteiger partial charge in [-0.05, 0) is 17.7 Å². The van der Waals surface area contributed by atoms with Gasteiger partial charge >= 0.3 is 5.97 Å². The number of carbonyl (C=O) groups is 1. The first kappa shape index (κ1) is 9.70. The van der Waals surface area contributed by atoms with Crippen LogP contribution in [0.25, 0.3) is 0 Å². The topological polar surface area (TPSA) is 75.3 Å². The molecule has 0 aromatic heterocycles. The van der Waals surface area contributed by atoms with Gasteiger partial charge in [-0.2, -0.15) is 0 Å². The Balaban J connectivity index is 2.64. The molecule has 0 fully saturated rings. The van der Waals surface area contributed by atoms with Gasteiger partial charge in [-0.15, -0.1) is 0 Å². The number of hydrogen-bond acceptors (Lipinski definition) is 3. The lowest BCUT2D eigenvalue weighted by Gasteiger charge is -2.01. The molecule has 4 N–H and O–H groups in total. The first-order valence-electron chi connectivity index (χ1n) is 3.97. The molecule has 0 aliphatic heterocycles. The predicted molar refractivity (Wildman–Crippen MR) is 49.3 cm³/mol. The first-order valence-corrected chi connectivity index (χ1v) is 3.97. The molecule has 0 bridgehead atoms. The van der Waals surface area contributed by atoms with E-state index < -0.39 is 5.97 Å². The van der Waals surface area contributed by atoms with E-state index in [-0.39, 0.29) is 0 Å². The smallest absolute Gasteiger partial charge is 0.335 e. The molecule has 0 aliphatic rings. The number of nitrogens with two attached hydrogens (primary N) is 1. The van der Waals surface area contributed by atoms with Gasteiger partial charge in [-0.25, -0.2) is 4.79 Å². The van der Waals surface area contributed by atoms with Crippen molar-refractivity contribution in [3.05, 3.63) is 35.4 Å². The van der Waals surface area contributed by atoms with Crippen molar-refractivity contribution in [2.45, 2.75) is 6.54 Å². The van der Waals surface area contributed by atoms with Gasteiger partial charge in [-0.1, -0.05) is 12.1 Å². The summed E-state index contributed by atoms with van der Waals surface area (Å²) in [5, 5.41) is 11.6. The number of rotatable bonds is 4. The highest BCUT2D eigenvalue weighted by molar-refractivity contribution is 5.87. The highest BCUT2D eigenvalue weighted by Gasteiger charge is 2.00. The van der Waals surface area contributed by atoms with Crippen molar-refractivity contribution >= 4 is 5.97 Å². The van der Waals surface area contributed by atoms with Gasteiger partial charge in [0.2, 0.25) is 0 Å². The van der Waals surface area contributed by atoms with E-state index in [1.807, 2.05) is 0 Å². The minimum atomic E-state index is -0.904. The summed E-state index contributed by atoms with van der Waals surface area (Å²) in [4.78, 5) is 10.5. The van der Waals surface area contributed by atoms with Gasteiger partial charge in [0.25, 0.3) is 0 Å². The van der Waals surface area contributed by atoms with E-state index in [4.69, 9.17) is 10.8 Å². The van der Waals surface area contributed by atoms with E-state index in [1.165, 1.54) is 0 Å². The molecule has 13 heavy (non-hydrogen) atoms. The number of aromatic carboxylic acids is 1. The van der Waals surface area contributed by atoms with Gasteiger partial charge in [0.15, 0.2) is 0 Å². The predicted octanol–water partition coefficient (Wildman–Crippen LogP) is 0.391. The van der Waals surface area contributed by atoms with Crippen LogP contribution in [0.1, 0.15) is 15.9 Å². The van der Waals surface area contributed by atoms with E-state index in [0.29, 0.717) is 18.8 Å². The number of hydrogen-bond donors (Lipinski definition) is 3. The fraction of sp³-hybridized carbons (Fsp3) is 0.222. The average molecular weight is 180 g/mol. The molecule has 1 aromatic rings. The van der Waals surface area contributed by atoms with E-state index in [9.17, 15) is 4.79 Å². The maximum Gasteiger partial charge on any atom is 0.335 e. The fourth-order valence-corrected chi connectivity index (χ4v) is 0.982. The maximum atomic E-state index is 10.5. The SMILES string of the molecule is NCNCc1ccc(C(=O)O)cc1. The summed E-state index contributed by atoms with van der Waals surface area (Å²) in [5.74, 6) is -0.904. The van der Waals surface area contributed by atoms with Crippen molar-refractivity contribution in [3.63, 3.8) is 0 Å². The molecule has 0 atom stereocenters. The zero-order chi connectivity index (χ0) is 9.68. The van der Waals surface area contributed by atoms with Crippen LogP contribution < -0.4 is 11.1 Å². The summed E-state index contributed by atoms with van der Waals surface area (Å²) in [6.07, 6.45) is 0. The number of carboxylic acid groups (broad SMARTS) is 1. The Bertz CT molecular complexity index is 282. The van der Waals surface area contributed by atoms with Gasteiger partial charge < -0.3 is 16.2 Å². The molecular weight excluding hydrogens is 168 g/mol. The molecule has 0 saturated heterocycles. The van der Waals surface area contributed by atoms with Crippen LogP contribution in [0.3, 0.4) is 0 Å². The molecule has 70 valence electrons. The van der Waals surface area contributed by atoms with Crippen LogP contribution in [0.5, 0.6) is 0 Å². The summed E-state index contributed by atoms with van der Waals surface area (Å²) < 4.78 is 0. The van der Waals surface area contributed by atoms with Gasteiger partial charge in [0.1, 0.15) is 0 Å². The zero-order valence-corrected chi connectivity index (χ0v) is 7.16. The van der Waals surface area contributed by atoms with Crippen LogP contribution in [-0.2, 0) is 6.54 Å². The van der Waals surface area contributed by atoms with Crippen molar-refractivity contribution in [2.75, 3.05) is 6.67 Å². The Hall–Kier alpha value is -1.39. The van der Waals surface area contributed by atoms with Crippen LogP contribution >= 0.6 is 0 Å². The standard InChI is InChI=1S/C9H12N2O2/c10-6-11-5-7-1-3-8(4-2-7)9(12)13/h1-4,11H,5-6,10H2,(H,12,13). The summed E-state index contributed by atoms with van der Waals surface area (Å²) in [6.45, 7) is 1.08. The second-order valence-electron chi connectivity index (χ2n) is 2.63. The lowest BCUT2D eigenvalue weighted by Crippen LogP contribution is -2.21. The van der Waals surface area contributed by atoms with E-state index in [0.717, 1.165) is 5.56 Å². The summed E-state index contributed by atoms with van der Waals surface area (Å²) in [5.41, 5.74) is 6.58. The summed E-state index contributed by atoms with van der Waals surface area (Å²) in [6, 6.07) is 6.70. The zero-order valence-electron chi connectivity index (χ0n) is 7.16. The monoisotopic (exact) mass is 180 g/mol. The second-order valence-corrected chi connectivity index (χ2v) is 2.63. The van der Waals surface area contributed by atoms with Crippen molar-refractivity contribution in [1.82, 2.24) is 5.32 Å². The van der Waals surface area contributed by atoms with Crippen LogP contribution in [0.15, 0.2) is 24.3 Å². The fourth-order valence-electron chi connectivity index (χ4n) is 0.982. The molecule has 0 aliphatic carbocycles. The number of carboxylic acids is 1. The Kier molecular flexibility index (Phi) is 3.42. The largest absolute Gasteiger partial charge is 0.478 e. The van der Waals surface area contributed by atoms with E-state index in [1.54, 1.807) is 24.3 Å². The molecular formula is C9H12N2O2. The second kappa shape index (κ2) is 4.59. The first-order chi connectivity index (χ1) is 6.24. The lowest BCUT2D eigenvalue weighted by atomic mass is 10.1. The number of nitrogens with one attached hydrogen (secondary N) is 1. The molecule has 0 unspecified atom stereocenters. The van der Waals surface area contributed by atoms with Crippen molar-refractivity contribution in [2.24, 2.45) is 5.73 Å². The third-order valence-electron chi connectivity index (χ3n) is 1.67. The third-order valence-corrected chi connectivity index (χ3v) is 1.67. The van der Waals surface area contributed by atoms with Crippen LogP contribution in [-0.4, -0.2) is 17.7 Å². The lowest BCUT2D eigenvalue weighted by molar-refractivity contribution is 0.0697. The quantitative estimate of drug-likeness (QED) is 0.586. The minimum Gasteiger partial charge on any atom is -0.478 e. The molecule has 4 heteroatoms. The average Bonchev–Trinajstić information content (AvgIpc) is 2.15. The molecule has 4 nitrogen and oxygen atoms in total. The Morgan fingerprint density at radius 3 is 2.46 bits per heavy atom. The van der Waals surface area contributed by atoms with Crippen LogP contribution in [0, 0.1) is 0 Å². The molecule has 0 heterocycles. The van der Waals surface area contributed by atoms with Crippen LogP contribution in [0.4, 0.5) is 0 Å². The molecule has 0 radical (unpaired) electrons. The molecule has 0 amide bonds. The normalized spacial score (nSPS) is 9.92. The Morgan fingerprint density at radius 2 is 2.00 bits per heavy atom. The molecule has 1 rings (SSSR count). The van der Waals surface area contributed by atoms with Gasteiger partial charge in [-0.3, -0.25) is 0 Å². The molecule has 0 saturated carbocycles. The van der Waals surface area contributed by atoms with Gasteiger partial charge in [0, 0.05) is 13.2 Å². The Morgan fingerprint density at radius 1 is 1.38 bits per heavy atom. The highest BCUT2D eigenvalue weighted by Crippen LogP contribution is 2.03. The maximum absolute atomic E-state index is 10.5. The van der Waals surface area contributed by atoms with Crippen molar-refractivity contribution < 1.29 is 9.90 Å². The number of benzene rings is 1. The van der Waals surface area contributed by atoms with Crippen molar-refractivity contribution in [1.29, 1.82) is 0 Å². The highest BCUT2D eigenvalue weighted by atomic mass is 16.4. The summed E-state index contributed by atoms with van der Waals surface area (Å²) >= 11 is 0. The molecule has 0 spiro atoms. The van der Waals surface area contributed by atoms with E-state index >= 15 is 0 Å². The van der Waals surface area contributed by atoms with Crippen molar-refractivity contribution in [3.8, 4) is 0 Å². The van der Waals surface area contributed by atoms with E-state index in [2.05, 4.69) is 5.32 Å². The van der Waals surface area contributed by atoms with Crippen LogP contribution in [0.2, 0.25) is 0 Å². The summed E-state index contributed by atoms with van der Waals surface area (Å²) in [7, 11) is 0. The minimum absolute atomic E-state index is 0.302. The van der Waals surface area contributed by atoms with Gasteiger partial charge in [0.05, 0.1) is 5.56 Å². The third kappa shape index (κ3) is 2.85. The Labute approximate surface area is 76.4 Å². The molecule has 1 aromatic carbocycles.